The predicted octanol–water partition coefficient (Wildman–Crippen LogP) is 2.82. The van der Waals surface area contributed by atoms with Crippen molar-refractivity contribution in [2.24, 2.45) is 0 Å². The van der Waals surface area contributed by atoms with Crippen LogP contribution in [0.1, 0.15) is 37.7 Å². The molecule has 0 aliphatic carbocycles. The molecule has 102 valence electrons. The van der Waals surface area contributed by atoms with Crippen molar-refractivity contribution in [1.29, 1.82) is 0 Å². The minimum Gasteiger partial charge on any atom is -0.324 e. The number of hydrogen-bond donors (Lipinski definition) is 1. The van der Waals surface area contributed by atoms with Gasteiger partial charge in [-0.1, -0.05) is 31.0 Å². The minimum absolute atomic E-state index is 0.0606. The number of anilines is 1. The second-order valence-electron chi connectivity index (χ2n) is 5.65. The molecule has 1 fully saturated rings. The fourth-order valence-electron chi connectivity index (χ4n) is 3.25. The molecule has 0 saturated carbocycles. The standard InChI is InChI=1S/C16H22N2O/c19-16-15(18-11-5-1-2-6-12-18)10-9-13-7-3-4-8-14(13)17-16/h3-4,7-8,15H,1-2,5-6,9-12H2,(H,17,19). The number of benzene rings is 1. The third-order valence-electron chi connectivity index (χ3n) is 4.35. The van der Waals surface area contributed by atoms with Crippen LogP contribution in [0.2, 0.25) is 0 Å². The summed E-state index contributed by atoms with van der Waals surface area (Å²) in [5, 5.41) is 3.11. The summed E-state index contributed by atoms with van der Waals surface area (Å²) in [4.78, 5) is 14.8. The van der Waals surface area contributed by atoms with Gasteiger partial charge >= 0.3 is 0 Å². The molecule has 19 heavy (non-hydrogen) atoms. The monoisotopic (exact) mass is 258 g/mol. The molecule has 1 N–H and O–H groups in total. The Labute approximate surface area is 115 Å². The molecule has 1 saturated heterocycles. The summed E-state index contributed by atoms with van der Waals surface area (Å²) in [5.41, 5.74) is 2.28. The van der Waals surface area contributed by atoms with E-state index in [1.165, 1.54) is 31.2 Å². The summed E-state index contributed by atoms with van der Waals surface area (Å²) < 4.78 is 0. The molecule has 0 aromatic heterocycles. The molecule has 3 rings (SSSR count). The van der Waals surface area contributed by atoms with Crippen molar-refractivity contribution in [2.45, 2.75) is 44.6 Å². The first-order valence-corrected chi connectivity index (χ1v) is 7.47. The highest BCUT2D eigenvalue weighted by Gasteiger charge is 2.28. The van der Waals surface area contributed by atoms with Crippen LogP contribution in [0.15, 0.2) is 24.3 Å². The number of likely N-dealkylation sites (tertiary alicyclic amines) is 1. The summed E-state index contributed by atoms with van der Waals surface area (Å²) in [6, 6.07) is 8.24. The lowest BCUT2D eigenvalue weighted by molar-refractivity contribution is -0.121. The van der Waals surface area contributed by atoms with Crippen LogP contribution in [0.4, 0.5) is 5.69 Å². The Morgan fingerprint density at radius 2 is 1.79 bits per heavy atom. The van der Waals surface area contributed by atoms with Crippen LogP contribution in [-0.4, -0.2) is 29.9 Å². The topological polar surface area (TPSA) is 32.3 Å². The third kappa shape index (κ3) is 2.81. The second kappa shape index (κ2) is 5.74. The molecular formula is C16H22N2O. The van der Waals surface area contributed by atoms with E-state index < -0.39 is 0 Å². The summed E-state index contributed by atoms with van der Waals surface area (Å²) in [5.74, 6) is 0.187. The molecule has 2 aliphatic heterocycles. The van der Waals surface area contributed by atoms with Crippen molar-refractivity contribution in [3.8, 4) is 0 Å². The zero-order valence-corrected chi connectivity index (χ0v) is 11.4. The highest BCUT2D eigenvalue weighted by Crippen LogP contribution is 2.25. The molecule has 2 aliphatic rings. The number of hydrogen-bond acceptors (Lipinski definition) is 2. The molecule has 1 aromatic carbocycles. The lowest BCUT2D eigenvalue weighted by atomic mass is 10.0. The minimum atomic E-state index is 0.0606. The van der Waals surface area contributed by atoms with E-state index in [9.17, 15) is 4.79 Å². The van der Waals surface area contributed by atoms with Crippen molar-refractivity contribution in [3.05, 3.63) is 29.8 Å². The van der Waals surface area contributed by atoms with Crippen molar-refractivity contribution in [3.63, 3.8) is 0 Å². The Kier molecular flexibility index (Phi) is 3.83. The van der Waals surface area contributed by atoms with E-state index in [0.717, 1.165) is 31.6 Å². The third-order valence-corrected chi connectivity index (χ3v) is 4.35. The van der Waals surface area contributed by atoms with Gasteiger partial charge in [0, 0.05) is 5.69 Å². The van der Waals surface area contributed by atoms with Crippen LogP contribution in [0.25, 0.3) is 0 Å². The van der Waals surface area contributed by atoms with E-state index in [2.05, 4.69) is 22.3 Å². The van der Waals surface area contributed by atoms with E-state index in [1.807, 2.05) is 12.1 Å². The van der Waals surface area contributed by atoms with Crippen LogP contribution >= 0.6 is 0 Å². The number of fused-ring (bicyclic) bond motifs is 1. The summed E-state index contributed by atoms with van der Waals surface area (Å²) >= 11 is 0. The molecule has 1 atom stereocenters. The van der Waals surface area contributed by atoms with E-state index in [1.54, 1.807) is 0 Å². The zero-order valence-electron chi connectivity index (χ0n) is 11.4. The van der Waals surface area contributed by atoms with Crippen molar-refractivity contribution < 1.29 is 4.79 Å². The first-order chi connectivity index (χ1) is 9.34. The molecule has 3 nitrogen and oxygen atoms in total. The molecule has 0 bridgehead atoms. The van der Waals surface area contributed by atoms with E-state index in [4.69, 9.17) is 0 Å². The fourth-order valence-corrected chi connectivity index (χ4v) is 3.25. The molecule has 1 amide bonds. The number of carbonyl (C=O) groups excluding carboxylic acids is 1. The SMILES string of the molecule is O=C1Nc2ccccc2CCC1N1CCCCCC1. The lowest BCUT2D eigenvalue weighted by Crippen LogP contribution is -2.44. The van der Waals surface area contributed by atoms with Gasteiger partial charge in [0.2, 0.25) is 5.91 Å². The van der Waals surface area contributed by atoms with Crippen molar-refractivity contribution >= 4 is 11.6 Å². The quantitative estimate of drug-likeness (QED) is 0.840. The molecule has 1 aromatic rings. The number of amides is 1. The highest BCUT2D eigenvalue weighted by atomic mass is 16.2. The Morgan fingerprint density at radius 1 is 1.05 bits per heavy atom. The zero-order chi connectivity index (χ0) is 13.1. The average Bonchev–Trinajstić information content (AvgIpc) is 2.77. The molecule has 0 spiro atoms. The number of nitrogens with zero attached hydrogens (tertiary/aromatic N) is 1. The van der Waals surface area contributed by atoms with Crippen molar-refractivity contribution in [1.82, 2.24) is 4.90 Å². The van der Waals surface area contributed by atoms with E-state index in [0.29, 0.717) is 0 Å². The first kappa shape index (κ1) is 12.7. The fraction of sp³-hybridized carbons (Fsp3) is 0.562. The Balaban J connectivity index is 1.76. The maximum atomic E-state index is 12.4. The highest BCUT2D eigenvalue weighted by molar-refractivity contribution is 5.96. The Hall–Kier alpha value is -1.35. The van der Waals surface area contributed by atoms with Gasteiger partial charge in [-0.3, -0.25) is 9.69 Å². The van der Waals surface area contributed by atoms with Crippen LogP contribution < -0.4 is 5.32 Å². The summed E-state index contributed by atoms with van der Waals surface area (Å²) in [7, 11) is 0. The van der Waals surface area contributed by atoms with Gasteiger partial charge in [0.05, 0.1) is 6.04 Å². The number of nitrogens with one attached hydrogen (secondary N) is 1. The molecular weight excluding hydrogens is 236 g/mol. The van der Waals surface area contributed by atoms with E-state index in [-0.39, 0.29) is 11.9 Å². The van der Waals surface area contributed by atoms with Crippen LogP contribution in [0, 0.1) is 0 Å². The molecule has 2 heterocycles. The molecule has 1 unspecified atom stereocenters. The van der Waals surface area contributed by atoms with Gasteiger partial charge in [0.25, 0.3) is 0 Å². The normalized spacial score (nSPS) is 25.1. The van der Waals surface area contributed by atoms with Crippen LogP contribution in [0.3, 0.4) is 0 Å². The first-order valence-electron chi connectivity index (χ1n) is 7.47. The van der Waals surface area contributed by atoms with Gasteiger partial charge in [0.1, 0.15) is 0 Å². The lowest BCUT2D eigenvalue weighted by Gasteiger charge is -2.28. The second-order valence-corrected chi connectivity index (χ2v) is 5.65. The number of carbonyl (C=O) groups is 1. The van der Waals surface area contributed by atoms with Gasteiger partial charge in [-0.2, -0.15) is 0 Å². The maximum absolute atomic E-state index is 12.4. The van der Waals surface area contributed by atoms with Gasteiger partial charge in [0.15, 0.2) is 0 Å². The maximum Gasteiger partial charge on any atom is 0.241 e. The largest absolute Gasteiger partial charge is 0.324 e. The van der Waals surface area contributed by atoms with Gasteiger partial charge in [-0.25, -0.2) is 0 Å². The summed E-state index contributed by atoms with van der Waals surface area (Å²) in [6.07, 6.45) is 7.03. The smallest absolute Gasteiger partial charge is 0.241 e. The van der Waals surface area contributed by atoms with Crippen LogP contribution in [-0.2, 0) is 11.2 Å². The number of para-hydroxylation sites is 1. The molecule has 3 heteroatoms. The average molecular weight is 258 g/mol. The van der Waals surface area contributed by atoms with Gasteiger partial charge in [-0.05, 0) is 50.4 Å². The van der Waals surface area contributed by atoms with Crippen LogP contribution in [0.5, 0.6) is 0 Å². The number of rotatable bonds is 1. The predicted molar refractivity (Wildman–Crippen MR) is 77.2 cm³/mol. The Bertz CT molecular complexity index is 450. The number of aryl methyl sites for hydroxylation is 1. The molecule has 0 radical (unpaired) electrons. The van der Waals surface area contributed by atoms with Crippen molar-refractivity contribution in [2.75, 3.05) is 18.4 Å². The van der Waals surface area contributed by atoms with E-state index >= 15 is 0 Å². The summed E-state index contributed by atoms with van der Waals surface area (Å²) in [6.45, 7) is 2.16. The van der Waals surface area contributed by atoms with Gasteiger partial charge in [-0.15, -0.1) is 0 Å². The Morgan fingerprint density at radius 3 is 2.58 bits per heavy atom. The van der Waals surface area contributed by atoms with Gasteiger partial charge < -0.3 is 5.32 Å².